The normalized spacial score (nSPS) is 16.4. The summed E-state index contributed by atoms with van der Waals surface area (Å²) in [5.41, 5.74) is -0.392. The number of halogens is 17. The summed E-state index contributed by atoms with van der Waals surface area (Å²) in [5.74, 6) is -56.3. The maximum Gasteiger partial charge on any atom is 0.392 e. The van der Waals surface area contributed by atoms with Crippen molar-refractivity contribution in [1.29, 1.82) is 0 Å². The van der Waals surface area contributed by atoms with E-state index in [4.69, 9.17) is 0 Å². The Morgan fingerprint density at radius 3 is 1.29 bits per heavy atom. The van der Waals surface area contributed by atoms with Crippen LogP contribution in [0.15, 0.2) is 30.3 Å². The van der Waals surface area contributed by atoms with Crippen LogP contribution in [-0.4, -0.2) is 53.7 Å². The van der Waals surface area contributed by atoms with Crippen molar-refractivity contribution in [3.63, 3.8) is 0 Å². The molecule has 0 bridgehead atoms. The van der Waals surface area contributed by atoms with Gasteiger partial charge in [-0.3, -0.25) is 0 Å². The molecule has 0 amide bonds. The molecular weight excluding hydrogens is 541 g/mol. The van der Waals surface area contributed by atoms with Gasteiger partial charge in [-0.25, -0.2) is 9.71 Å². The number of rotatable bonds is 11. The maximum atomic E-state index is 13.7. The molecule has 35 heavy (non-hydrogen) atoms. The van der Waals surface area contributed by atoms with Crippen molar-refractivity contribution in [2.75, 3.05) is 0 Å². The zero-order chi connectivity index (χ0) is 28.1. The van der Waals surface area contributed by atoms with E-state index in [9.17, 15) is 74.6 Å². The van der Waals surface area contributed by atoms with Gasteiger partial charge in [-0.15, -0.1) is 0 Å². The van der Waals surface area contributed by atoms with Crippen molar-refractivity contribution >= 4 is 0 Å². The van der Waals surface area contributed by atoms with Crippen molar-refractivity contribution in [2.24, 2.45) is 0 Å². The largest absolute Gasteiger partial charge is 0.392 e. The average Bonchev–Trinajstić information content (AvgIpc) is 2.71. The van der Waals surface area contributed by atoms with E-state index in [1.54, 1.807) is 0 Å². The number of alkyl halides is 17. The summed E-state index contributed by atoms with van der Waals surface area (Å²) in [6.45, 7) is -2.15. The third-order valence-corrected chi connectivity index (χ3v) is 4.64. The summed E-state index contributed by atoms with van der Waals surface area (Å²) in [7, 11) is 0. The second-order valence-corrected chi connectivity index (χ2v) is 7.10. The van der Waals surface area contributed by atoms with Crippen molar-refractivity contribution in [2.45, 2.75) is 67.1 Å². The molecule has 0 aliphatic carbocycles. The van der Waals surface area contributed by atoms with Gasteiger partial charge in [0.2, 0.25) is 0 Å². The lowest BCUT2D eigenvalue weighted by Crippen LogP contribution is -2.76. The van der Waals surface area contributed by atoms with Gasteiger partial charge in [-0.1, -0.05) is 30.3 Å². The summed E-state index contributed by atoms with van der Waals surface area (Å²) in [6.07, 6.45) is -4.48. The molecule has 1 unspecified atom stereocenters. The summed E-state index contributed by atoms with van der Waals surface area (Å²) < 4.78 is 229. The van der Waals surface area contributed by atoms with Crippen LogP contribution in [-0.2, 0) is 6.54 Å². The Bertz CT molecular complexity index is 863. The molecule has 1 N–H and O–H groups in total. The van der Waals surface area contributed by atoms with E-state index in [1.807, 2.05) is 0 Å². The minimum atomic E-state index is -8.57. The molecule has 0 spiro atoms. The van der Waals surface area contributed by atoms with Crippen molar-refractivity contribution in [3.8, 4) is 0 Å². The highest BCUT2D eigenvalue weighted by Gasteiger charge is 2.95. The van der Waals surface area contributed by atoms with Crippen LogP contribution >= 0.6 is 0 Å². The molecule has 1 nitrogen and oxygen atoms in total. The average molecular weight is 553 g/mol. The molecule has 0 aliphatic heterocycles. The maximum absolute atomic E-state index is 13.7. The minimum Gasteiger partial charge on any atom is -0.249 e. The van der Waals surface area contributed by atoms with E-state index >= 15 is 0 Å². The monoisotopic (exact) mass is 553 g/mol. The molecule has 1 aromatic carbocycles. The Kier molecular flexibility index (Phi) is 7.82. The number of hydrogen-bond donors (Lipinski definition) is 1. The van der Waals surface area contributed by atoms with Crippen molar-refractivity contribution in [3.05, 3.63) is 35.9 Å². The lowest BCUT2D eigenvalue weighted by Gasteiger charge is -2.43. The van der Waals surface area contributed by atoms with Gasteiger partial charge in [-0.05, 0) is 12.5 Å². The Morgan fingerprint density at radius 1 is 0.571 bits per heavy atom. The fourth-order valence-electron chi connectivity index (χ4n) is 2.36. The zero-order valence-corrected chi connectivity index (χ0v) is 16.6. The van der Waals surface area contributed by atoms with Gasteiger partial charge in [0.1, 0.15) is 0 Å². The van der Waals surface area contributed by atoms with Gasteiger partial charge >= 0.3 is 47.5 Å². The predicted octanol–water partition coefficient (Wildman–Crippen LogP) is 7.17. The van der Waals surface area contributed by atoms with Crippen LogP contribution < -0.4 is 5.32 Å². The molecule has 0 aromatic heterocycles. The van der Waals surface area contributed by atoms with Crippen LogP contribution in [0.3, 0.4) is 0 Å². The van der Waals surface area contributed by atoms with E-state index in [0.29, 0.717) is 5.32 Å². The van der Waals surface area contributed by atoms with Crippen molar-refractivity contribution in [1.82, 2.24) is 5.32 Å². The van der Waals surface area contributed by atoms with E-state index < -0.39 is 72.7 Å². The highest BCUT2D eigenvalue weighted by atomic mass is 19.4. The first kappa shape index (κ1) is 31.0. The van der Waals surface area contributed by atoms with Crippen LogP contribution in [0.1, 0.15) is 12.5 Å². The lowest BCUT2D eigenvalue weighted by atomic mass is 9.88. The SMILES string of the molecule is CC(F)C(F)(F)C(F)(F)C(F)(F)C(F)(F)C(F)(F)C(F)(F)C(F)(F)C(F)(F)NCc1ccccc1. The molecule has 1 rings (SSSR count). The summed E-state index contributed by atoms with van der Waals surface area (Å²) in [4.78, 5) is 0. The smallest absolute Gasteiger partial charge is 0.249 e. The highest BCUT2D eigenvalue weighted by molar-refractivity contribution is 5.17. The van der Waals surface area contributed by atoms with Crippen LogP contribution in [0.5, 0.6) is 0 Å². The topological polar surface area (TPSA) is 12.0 Å². The van der Waals surface area contributed by atoms with E-state index in [1.165, 1.54) is 6.07 Å². The number of benzene rings is 1. The van der Waals surface area contributed by atoms with E-state index in [2.05, 4.69) is 0 Å². The zero-order valence-electron chi connectivity index (χ0n) is 16.6. The van der Waals surface area contributed by atoms with Crippen LogP contribution in [0.2, 0.25) is 0 Å². The van der Waals surface area contributed by atoms with Gasteiger partial charge in [0.25, 0.3) is 0 Å². The Labute approximate surface area is 184 Å². The second kappa shape index (κ2) is 8.83. The van der Waals surface area contributed by atoms with E-state index in [0.717, 1.165) is 24.3 Å². The van der Waals surface area contributed by atoms with Gasteiger partial charge in [-0.2, -0.15) is 70.2 Å². The molecule has 0 fully saturated rings. The standard InChI is InChI=1S/C17H12F17N/c1-8(18)10(19,20)11(21,22)12(23,24)13(25,26)14(27,28)15(29,30)16(31,32)17(33,34)35-7-9-5-3-2-4-6-9/h2-6,8,35H,7H2,1H3. The van der Waals surface area contributed by atoms with Gasteiger partial charge in [0.15, 0.2) is 6.17 Å². The Morgan fingerprint density at radius 2 is 0.914 bits per heavy atom. The fourth-order valence-corrected chi connectivity index (χ4v) is 2.36. The molecule has 0 aliphatic rings. The first-order valence-corrected chi connectivity index (χ1v) is 8.73. The van der Waals surface area contributed by atoms with E-state index in [-0.39, 0.29) is 0 Å². The molecule has 18 heteroatoms. The first-order valence-electron chi connectivity index (χ1n) is 8.73. The van der Waals surface area contributed by atoms with Gasteiger partial charge < -0.3 is 0 Å². The molecule has 0 saturated carbocycles. The van der Waals surface area contributed by atoms with Crippen LogP contribution in [0.25, 0.3) is 0 Å². The van der Waals surface area contributed by atoms with Crippen LogP contribution in [0.4, 0.5) is 74.6 Å². The minimum absolute atomic E-state index is 0.307. The summed E-state index contributed by atoms with van der Waals surface area (Å²) in [6, 6.07) is -1.37. The lowest BCUT2D eigenvalue weighted by molar-refractivity contribution is -0.456. The third-order valence-electron chi connectivity index (χ3n) is 4.64. The van der Waals surface area contributed by atoms with Gasteiger partial charge in [0, 0.05) is 6.54 Å². The third kappa shape index (κ3) is 4.39. The molecular formula is C17H12F17N. The van der Waals surface area contributed by atoms with Gasteiger partial charge in [0.05, 0.1) is 0 Å². The summed E-state index contributed by atoms with van der Waals surface area (Å²) in [5, 5.41) is 0.307. The quantitative estimate of drug-likeness (QED) is 0.226. The predicted molar refractivity (Wildman–Crippen MR) is 83.4 cm³/mol. The molecule has 204 valence electrons. The molecule has 0 radical (unpaired) electrons. The number of nitrogens with one attached hydrogen (secondary N) is 1. The Hall–Kier alpha value is -2.01. The summed E-state index contributed by atoms with van der Waals surface area (Å²) >= 11 is 0. The first-order chi connectivity index (χ1) is 15.3. The molecule has 1 atom stereocenters. The Balaban J connectivity index is 3.52. The highest BCUT2D eigenvalue weighted by Crippen LogP contribution is 2.63. The van der Waals surface area contributed by atoms with Crippen LogP contribution in [0, 0.1) is 0 Å². The second-order valence-electron chi connectivity index (χ2n) is 7.10. The molecule has 1 aromatic rings. The molecule has 0 saturated heterocycles. The number of hydrogen-bond acceptors (Lipinski definition) is 1. The molecule has 0 heterocycles. The van der Waals surface area contributed by atoms with Crippen molar-refractivity contribution < 1.29 is 74.6 Å². The fraction of sp³-hybridized carbons (Fsp3) is 0.647.